The summed E-state index contributed by atoms with van der Waals surface area (Å²) in [5.41, 5.74) is 5.17. The fourth-order valence-electron chi connectivity index (χ4n) is 2.57. The van der Waals surface area contributed by atoms with Gasteiger partial charge in [-0.25, -0.2) is 4.98 Å². The first-order chi connectivity index (χ1) is 13.7. The molecule has 1 saturated heterocycles. The largest absolute Gasteiger partial charge is 0.333 e. The number of aliphatic imine (C=N–C) groups is 1. The quantitative estimate of drug-likeness (QED) is 0.425. The number of nitrogens with two attached hydrogens (primary N) is 1. The summed E-state index contributed by atoms with van der Waals surface area (Å²) in [6.45, 7) is 0. The van der Waals surface area contributed by atoms with Crippen LogP contribution in [0.1, 0.15) is 22.4 Å². The van der Waals surface area contributed by atoms with Gasteiger partial charge in [0.15, 0.2) is 9.63 Å². The molecule has 0 radical (unpaired) electrons. The molecule has 0 saturated carbocycles. The summed E-state index contributed by atoms with van der Waals surface area (Å²) in [7, 11) is 3.14. The first-order valence-electron chi connectivity index (χ1n) is 8.15. The molecule has 1 fully saturated rings. The van der Waals surface area contributed by atoms with Gasteiger partial charge in [-0.2, -0.15) is 0 Å². The summed E-state index contributed by atoms with van der Waals surface area (Å²) < 4.78 is 0.430. The van der Waals surface area contributed by atoms with Gasteiger partial charge in [-0.1, -0.05) is 53.7 Å². The van der Waals surface area contributed by atoms with Crippen LogP contribution >= 0.6 is 46.3 Å². The van der Waals surface area contributed by atoms with Crippen molar-refractivity contribution in [2.24, 2.45) is 10.7 Å². The van der Waals surface area contributed by atoms with E-state index in [0.717, 1.165) is 4.88 Å². The third-order valence-electron chi connectivity index (χ3n) is 3.70. The number of amidine groups is 1. The molecule has 152 valence electrons. The van der Waals surface area contributed by atoms with E-state index in [9.17, 15) is 9.59 Å². The molecule has 10 heteroatoms. The van der Waals surface area contributed by atoms with Gasteiger partial charge in [-0.05, 0) is 12.6 Å². The van der Waals surface area contributed by atoms with E-state index in [0.29, 0.717) is 27.2 Å². The Labute approximate surface area is 183 Å². The number of aldehydes is 1. The van der Waals surface area contributed by atoms with Crippen molar-refractivity contribution in [2.75, 3.05) is 26.2 Å². The number of carbonyl (C=O) groups excluding carboxylic acids is 2. The number of alkyl halides is 1. The predicted molar refractivity (Wildman–Crippen MR) is 120 cm³/mol. The van der Waals surface area contributed by atoms with Crippen molar-refractivity contribution >= 4 is 63.7 Å². The highest BCUT2D eigenvalue weighted by atomic mass is 35.5. The van der Waals surface area contributed by atoms with Gasteiger partial charge in [0.2, 0.25) is 5.91 Å². The minimum absolute atomic E-state index is 0.211. The van der Waals surface area contributed by atoms with Crippen molar-refractivity contribution in [3.05, 3.63) is 51.4 Å². The number of benzene rings is 1. The van der Waals surface area contributed by atoms with E-state index in [1.165, 1.54) is 36.5 Å². The van der Waals surface area contributed by atoms with Crippen LogP contribution in [0.5, 0.6) is 0 Å². The maximum absolute atomic E-state index is 13.1. The second-order valence-electron chi connectivity index (χ2n) is 5.08. The van der Waals surface area contributed by atoms with Crippen LogP contribution < -0.4 is 5.73 Å². The smallest absolute Gasteiger partial charge is 0.243 e. The fourth-order valence-corrected chi connectivity index (χ4v) is 4.84. The van der Waals surface area contributed by atoms with Crippen molar-refractivity contribution in [1.82, 2.24) is 9.88 Å². The summed E-state index contributed by atoms with van der Waals surface area (Å²) in [5.74, 6) is -0.471. The summed E-state index contributed by atoms with van der Waals surface area (Å²) in [6.07, 6.45) is 3.83. The maximum atomic E-state index is 13.1. The van der Waals surface area contributed by atoms with Gasteiger partial charge in [0.1, 0.15) is 12.2 Å². The van der Waals surface area contributed by atoms with Gasteiger partial charge in [0.05, 0.1) is 6.04 Å². The van der Waals surface area contributed by atoms with Crippen molar-refractivity contribution in [3.63, 3.8) is 0 Å². The summed E-state index contributed by atoms with van der Waals surface area (Å²) in [5, 5.41) is 0.609. The van der Waals surface area contributed by atoms with Crippen molar-refractivity contribution < 1.29 is 9.59 Å². The number of halogens is 2. The molecule has 2 atom stereocenters. The molecule has 2 aromatic rings. The van der Waals surface area contributed by atoms with Gasteiger partial charge < -0.3 is 10.5 Å². The first kappa shape index (κ1) is 24.6. The topological polar surface area (TPSA) is 88.7 Å². The highest BCUT2D eigenvalue weighted by molar-refractivity contribution is 8.14. The van der Waals surface area contributed by atoms with E-state index < -0.39 is 5.92 Å². The van der Waals surface area contributed by atoms with E-state index in [4.69, 9.17) is 11.6 Å². The maximum Gasteiger partial charge on any atom is 0.243 e. The van der Waals surface area contributed by atoms with Crippen molar-refractivity contribution in [3.8, 4) is 0 Å². The van der Waals surface area contributed by atoms with E-state index in [1.54, 1.807) is 30.3 Å². The Bertz CT molecular complexity index is 787. The van der Waals surface area contributed by atoms with Crippen LogP contribution in [-0.4, -0.2) is 53.5 Å². The van der Waals surface area contributed by atoms with Crippen LogP contribution in [0, 0.1) is 0 Å². The molecule has 3 rings (SSSR count). The zero-order chi connectivity index (χ0) is 21.1. The fraction of sp³-hybridized carbons (Fsp3) is 0.333. The average molecular weight is 461 g/mol. The number of thiazole rings is 1. The van der Waals surface area contributed by atoms with Crippen molar-refractivity contribution in [1.29, 1.82) is 0 Å². The number of amides is 1. The lowest BCUT2D eigenvalue weighted by molar-refractivity contribution is -0.132. The number of carbonyl (C=O) groups is 2. The molecule has 0 aliphatic carbocycles. The van der Waals surface area contributed by atoms with Crippen LogP contribution in [0.3, 0.4) is 0 Å². The molecule has 2 unspecified atom stereocenters. The average Bonchev–Trinajstić information content (AvgIpc) is 3.38. The highest BCUT2D eigenvalue weighted by Gasteiger charge is 2.40. The Morgan fingerprint density at radius 2 is 2.00 bits per heavy atom. The lowest BCUT2D eigenvalue weighted by atomic mass is 9.98. The summed E-state index contributed by atoms with van der Waals surface area (Å²) in [6, 6.07) is 8.82. The number of nitrogens with zero attached hydrogens (tertiary/aromatic N) is 3. The van der Waals surface area contributed by atoms with E-state index in [-0.39, 0.29) is 11.9 Å². The Morgan fingerprint density at radius 1 is 1.36 bits per heavy atom. The Kier molecular flexibility index (Phi) is 11.3. The highest BCUT2D eigenvalue weighted by Crippen LogP contribution is 2.40. The van der Waals surface area contributed by atoms with Gasteiger partial charge in [0, 0.05) is 30.3 Å². The van der Waals surface area contributed by atoms with Gasteiger partial charge in [-0.3, -0.25) is 14.7 Å². The van der Waals surface area contributed by atoms with E-state index in [2.05, 4.69) is 27.3 Å². The molecule has 1 aliphatic heterocycles. The van der Waals surface area contributed by atoms with Crippen LogP contribution in [0.15, 0.2) is 41.5 Å². The van der Waals surface area contributed by atoms with Crippen molar-refractivity contribution in [2.45, 2.75) is 12.0 Å². The molecule has 1 aliphatic rings. The Hall–Kier alpha value is -1.45. The molecule has 1 aromatic carbocycles. The monoisotopic (exact) mass is 460 g/mol. The standard InChI is InChI=1S/C16H14ClN3O2S2.CH3Cl.CH5N/c1-18-16-20(12(9-23-16)13-7-19-15(17)24-13)14(22)11(8-21)10-5-3-2-4-6-10;2*1-2/h2-8,11-12H,9H2,1H3;1H3;2H2,1H3. The lowest BCUT2D eigenvalue weighted by Crippen LogP contribution is -2.38. The second kappa shape index (κ2) is 12.9. The molecule has 1 amide bonds. The predicted octanol–water partition coefficient (Wildman–Crippen LogP) is 3.81. The van der Waals surface area contributed by atoms with Crippen LogP contribution in [0.4, 0.5) is 0 Å². The molecule has 0 bridgehead atoms. The lowest BCUT2D eigenvalue weighted by Gasteiger charge is -2.25. The van der Waals surface area contributed by atoms with Crippen LogP contribution in [-0.2, 0) is 9.59 Å². The SMILES string of the molecule is CCl.CN.CN=C1SCC(c2cnc(Cl)s2)N1C(=O)C(C=O)c1ccccc1. The van der Waals surface area contributed by atoms with E-state index >= 15 is 0 Å². The number of hydrogen-bond acceptors (Lipinski definition) is 7. The summed E-state index contributed by atoms with van der Waals surface area (Å²) in [4.78, 5) is 35.5. The van der Waals surface area contributed by atoms with Gasteiger partial charge >= 0.3 is 0 Å². The second-order valence-corrected chi connectivity index (χ2v) is 7.71. The molecule has 28 heavy (non-hydrogen) atoms. The van der Waals surface area contributed by atoms with Crippen LogP contribution in [0.2, 0.25) is 4.47 Å². The molecule has 0 spiro atoms. The summed E-state index contributed by atoms with van der Waals surface area (Å²) >= 11 is 13.4. The molecule has 6 nitrogen and oxygen atoms in total. The minimum atomic E-state index is -0.854. The zero-order valence-electron chi connectivity index (χ0n) is 15.7. The molecule has 2 heterocycles. The number of rotatable bonds is 4. The Balaban J connectivity index is 0.000000921. The van der Waals surface area contributed by atoms with Gasteiger partial charge in [-0.15, -0.1) is 22.9 Å². The number of thioether (sulfide) groups is 1. The van der Waals surface area contributed by atoms with Crippen LogP contribution in [0.25, 0.3) is 0 Å². The molecular weight excluding hydrogens is 439 g/mol. The zero-order valence-corrected chi connectivity index (χ0v) is 18.9. The van der Waals surface area contributed by atoms with Gasteiger partial charge in [0.25, 0.3) is 0 Å². The molecule has 1 aromatic heterocycles. The number of hydrogen-bond donors (Lipinski definition) is 1. The van der Waals surface area contributed by atoms with E-state index in [1.807, 2.05) is 18.2 Å². The third kappa shape index (κ3) is 5.78. The minimum Gasteiger partial charge on any atom is -0.333 e. The molecular formula is C18H22Cl2N4O2S2. The Morgan fingerprint density at radius 3 is 2.50 bits per heavy atom. The molecule has 2 N–H and O–H groups in total. The number of aromatic nitrogens is 1. The first-order valence-corrected chi connectivity index (χ1v) is 11.1. The normalized spacial score (nSPS) is 17.9. The third-order valence-corrected chi connectivity index (χ3v) is 6.04.